The highest BCUT2D eigenvalue weighted by Gasteiger charge is 2.14. The average molecular weight is 192 g/mol. The Morgan fingerprint density at radius 3 is 3.07 bits per heavy atom. The number of ether oxygens (including phenoxy) is 1. The van der Waals surface area contributed by atoms with Crippen molar-refractivity contribution in [3.8, 4) is 5.75 Å². The summed E-state index contributed by atoms with van der Waals surface area (Å²) >= 11 is 0. The minimum Gasteiger partial charge on any atom is -0.496 e. The first kappa shape index (κ1) is 9.34. The summed E-state index contributed by atoms with van der Waals surface area (Å²) in [5.74, 6) is 0.976. The van der Waals surface area contributed by atoms with Crippen LogP contribution >= 0.6 is 0 Å². The highest BCUT2D eigenvalue weighted by molar-refractivity contribution is 5.59. The zero-order valence-electron chi connectivity index (χ0n) is 8.71. The topological polar surface area (TPSA) is 24.5 Å². The fraction of sp³-hybridized carbons (Fsp3) is 0.455. The third-order valence-electron chi connectivity index (χ3n) is 2.67. The third kappa shape index (κ3) is 1.55. The summed E-state index contributed by atoms with van der Waals surface area (Å²) in [6.07, 6.45) is 0. The van der Waals surface area contributed by atoms with Crippen molar-refractivity contribution in [3.63, 3.8) is 0 Å². The van der Waals surface area contributed by atoms with E-state index in [0.29, 0.717) is 0 Å². The molecule has 1 N–H and O–H groups in total. The lowest BCUT2D eigenvalue weighted by Crippen LogP contribution is -2.24. The number of hydrogen-bond acceptors (Lipinski definition) is 3. The summed E-state index contributed by atoms with van der Waals surface area (Å²) in [6.45, 7) is 2.96. The van der Waals surface area contributed by atoms with Crippen molar-refractivity contribution in [3.05, 3.63) is 23.8 Å². The summed E-state index contributed by atoms with van der Waals surface area (Å²) in [5, 5.41) is 3.39. The van der Waals surface area contributed by atoms with Gasteiger partial charge in [-0.3, -0.25) is 0 Å². The van der Waals surface area contributed by atoms with Crippen LogP contribution in [-0.2, 0) is 6.54 Å². The van der Waals surface area contributed by atoms with Crippen LogP contribution in [-0.4, -0.2) is 27.2 Å². The van der Waals surface area contributed by atoms with E-state index < -0.39 is 0 Å². The summed E-state index contributed by atoms with van der Waals surface area (Å²) in [6, 6.07) is 6.20. The maximum atomic E-state index is 5.35. The molecule has 2 rings (SSSR count). The van der Waals surface area contributed by atoms with Gasteiger partial charge in [-0.15, -0.1) is 0 Å². The van der Waals surface area contributed by atoms with Crippen molar-refractivity contribution < 1.29 is 4.74 Å². The number of nitrogens with zero attached hydrogens (tertiary/aromatic N) is 1. The maximum absolute atomic E-state index is 5.35. The standard InChI is InChI=1S/C11H16N2O/c1-13-7-6-12-8-9-10(13)4-3-5-11(9)14-2/h3-5,12H,6-8H2,1-2H3. The van der Waals surface area contributed by atoms with E-state index in [0.717, 1.165) is 25.4 Å². The van der Waals surface area contributed by atoms with E-state index in [2.05, 4.69) is 23.3 Å². The molecular formula is C11H16N2O. The molecular weight excluding hydrogens is 176 g/mol. The van der Waals surface area contributed by atoms with Crippen LogP contribution in [0.5, 0.6) is 5.75 Å². The maximum Gasteiger partial charge on any atom is 0.125 e. The second-order valence-electron chi connectivity index (χ2n) is 3.56. The molecule has 1 aliphatic rings. The molecule has 0 fully saturated rings. The Morgan fingerprint density at radius 1 is 1.43 bits per heavy atom. The summed E-state index contributed by atoms with van der Waals surface area (Å²) < 4.78 is 5.35. The molecule has 0 saturated heterocycles. The number of anilines is 1. The molecule has 0 aromatic heterocycles. The number of hydrogen-bond donors (Lipinski definition) is 1. The van der Waals surface area contributed by atoms with Crippen LogP contribution in [0.15, 0.2) is 18.2 Å². The van der Waals surface area contributed by atoms with Crippen LogP contribution in [0.25, 0.3) is 0 Å². The Kier molecular flexibility index (Phi) is 2.59. The Hall–Kier alpha value is -1.22. The van der Waals surface area contributed by atoms with Gasteiger partial charge in [-0.1, -0.05) is 6.07 Å². The highest BCUT2D eigenvalue weighted by atomic mass is 16.5. The van der Waals surface area contributed by atoms with E-state index in [-0.39, 0.29) is 0 Å². The Bertz CT molecular complexity index is 325. The number of likely N-dealkylation sites (N-methyl/N-ethyl adjacent to an activating group) is 1. The molecule has 1 aromatic carbocycles. The Balaban J connectivity index is 2.46. The van der Waals surface area contributed by atoms with E-state index >= 15 is 0 Å². The normalized spacial score (nSPS) is 16.0. The Morgan fingerprint density at radius 2 is 2.29 bits per heavy atom. The molecule has 1 heterocycles. The number of fused-ring (bicyclic) bond motifs is 1. The molecule has 76 valence electrons. The van der Waals surface area contributed by atoms with Gasteiger partial charge in [-0.2, -0.15) is 0 Å². The number of methoxy groups -OCH3 is 1. The molecule has 0 atom stereocenters. The lowest BCUT2D eigenvalue weighted by Gasteiger charge is -2.19. The highest BCUT2D eigenvalue weighted by Crippen LogP contribution is 2.29. The Labute approximate surface area is 84.7 Å². The van der Waals surface area contributed by atoms with Crippen molar-refractivity contribution in [2.75, 3.05) is 32.1 Å². The average Bonchev–Trinajstić information content (AvgIpc) is 2.41. The van der Waals surface area contributed by atoms with Crippen molar-refractivity contribution in [2.24, 2.45) is 0 Å². The molecule has 0 unspecified atom stereocenters. The molecule has 0 saturated carbocycles. The second-order valence-corrected chi connectivity index (χ2v) is 3.56. The largest absolute Gasteiger partial charge is 0.496 e. The van der Waals surface area contributed by atoms with Crippen LogP contribution in [0.3, 0.4) is 0 Å². The molecule has 3 nitrogen and oxygen atoms in total. The van der Waals surface area contributed by atoms with Gasteiger partial charge in [0.05, 0.1) is 7.11 Å². The van der Waals surface area contributed by atoms with Crippen LogP contribution in [0.4, 0.5) is 5.69 Å². The van der Waals surface area contributed by atoms with Crippen LogP contribution < -0.4 is 15.0 Å². The van der Waals surface area contributed by atoms with E-state index in [1.807, 2.05) is 12.1 Å². The van der Waals surface area contributed by atoms with E-state index in [4.69, 9.17) is 4.74 Å². The molecule has 0 radical (unpaired) electrons. The van der Waals surface area contributed by atoms with E-state index in [1.165, 1.54) is 11.3 Å². The summed E-state index contributed by atoms with van der Waals surface area (Å²) in [5.41, 5.74) is 2.53. The summed E-state index contributed by atoms with van der Waals surface area (Å²) in [4.78, 5) is 2.26. The molecule has 0 amide bonds. The van der Waals surface area contributed by atoms with Gasteiger partial charge >= 0.3 is 0 Å². The molecule has 0 bridgehead atoms. The number of nitrogens with one attached hydrogen (secondary N) is 1. The zero-order valence-corrected chi connectivity index (χ0v) is 8.71. The quantitative estimate of drug-likeness (QED) is 0.724. The van der Waals surface area contributed by atoms with Crippen molar-refractivity contribution in [1.29, 1.82) is 0 Å². The molecule has 0 spiro atoms. The van der Waals surface area contributed by atoms with Crippen LogP contribution in [0.1, 0.15) is 5.56 Å². The SMILES string of the molecule is COc1cccc2c1CNCCN2C. The predicted octanol–water partition coefficient (Wildman–Crippen LogP) is 1.23. The number of benzene rings is 1. The molecule has 14 heavy (non-hydrogen) atoms. The van der Waals surface area contributed by atoms with Crippen LogP contribution in [0.2, 0.25) is 0 Å². The van der Waals surface area contributed by atoms with Gasteiger partial charge in [0, 0.05) is 37.9 Å². The van der Waals surface area contributed by atoms with Crippen molar-refractivity contribution in [2.45, 2.75) is 6.54 Å². The predicted molar refractivity (Wildman–Crippen MR) is 58.0 cm³/mol. The monoisotopic (exact) mass is 192 g/mol. The second kappa shape index (κ2) is 3.88. The molecule has 1 aliphatic heterocycles. The first-order valence-electron chi connectivity index (χ1n) is 4.90. The molecule has 0 aliphatic carbocycles. The minimum atomic E-state index is 0.893. The number of rotatable bonds is 1. The van der Waals surface area contributed by atoms with E-state index in [1.54, 1.807) is 7.11 Å². The van der Waals surface area contributed by atoms with Gasteiger partial charge in [0.15, 0.2) is 0 Å². The zero-order chi connectivity index (χ0) is 9.97. The van der Waals surface area contributed by atoms with E-state index in [9.17, 15) is 0 Å². The third-order valence-corrected chi connectivity index (χ3v) is 2.67. The van der Waals surface area contributed by atoms with Gasteiger partial charge in [0.2, 0.25) is 0 Å². The molecule has 3 heteroatoms. The van der Waals surface area contributed by atoms with Gasteiger partial charge in [-0.05, 0) is 12.1 Å². The van der Waals surface area contributed by atoms with Crippen molar-refractivity contribution in [1.82, 2.24) is 5.32 Å². The van der Waals surface area contributed by atoms with Gasteiger partial charge in [-0.25, -0.2) is 0 Å². The first-order valence-corrected chi connectivity index (χ1v) is 4.90. The van der Waals surface area contributed by atoms with Gasteiger partial charge in [0.25, 0.3) is 0 Å². The first-order chi connectivity index (χ1) is 6.83. The van der Waals surface area contributed by atoms with Gasteiger partial charge < -0.3 is 15.0 Å². The van der Waals surface area contributed by atoms with Gasteiger partial charge in [0.1, 0.15) is 5.75 Å². The van der Waals surface area contributed by atoms with Crippen LogP contribution in [0, 0.1) is 0 Å². The van der Waals surface area contributed by atoms with Crippen molar-refractivity contribution >= 4 is 5.69 Å². The lowest BCUT2D eigenvalue weighted by molar-refractivity contribution is 0.408. The molecule has 1 aromatic rings. The smallest absolute Gasteiger partial charge is 0.125 e. The summed E-state index contributed by atoms with van der Waals surface area (Å²) in [7, 11) is 3.84. The lowest BCUT2D eigenvalue weighted by atomic mass is 10.1. The fourth-order valence-electron chi connectivity index (χ4n) is 1.86. The minimum absolute atomic E-state index is 0.893. The fourth-order valence-corrected chi connectivity index (χ4v) is 1.86.